The Kier molecular flexibility index (Phi) is 6.63. The van der Waals surface area contributed by atoms with Crippen molar-refractivity contribution in [3.63, 3.8) is 0 Å². The lowest BCUT2D eigenvalue weighted by molar-refractivity contribution is -0.0804. The molecule has 4 rings (SSSR count). The molecule has 30 heavy (non-hydrogen) atoms. The Bertz CT molecular complexity index is 769. The van der Waals surface area contributed by atoms with E-state index in [2.05, 4.69) is 126 Å². The van der Waals surface area contributed by atoms with E-state index in [1.165, 1.54) is 16.7 Å². The summed E-state index contributed by atoms with van der Waals surface area (Å²) in [6.45, 7) is 9.88. The normalized spacial score (nSPS) is 19.3. The molecule has 1 aliphatic rings. The van der Waals surface area contributed by atoms with Gasteiger partial charge in [0.25, 0.3) is 0 Å². The van der Waals surface area contributed by atoms with E-state index in [-0.39, 0.29) is 0 Å². The summed E-state index contributed by atoms with van der Waals surface area (Å²) in [7, 11) is 0. The van der Waals surface area contributed by atoms with Gasteiger partial charge in [0.05, 0.1) is 20.0 Å². The molecule has 3 aromatic rings. The van der Waals surface area contributed by atoms with Crippen LogP contribution < -0.4 is 0 Å². The van der Waals surface area contributed by atoms with E-state index in [0.29, 0.717) is 18.1 Å². The van der Waals surface area contributed by atoms with Gasteiger partial charge in [-0.1, -0.05) is 91.0 Å². The van der Waals surface area contributed by atoms with E-state index in [1.807, 2.05) is 0 Å². The summed E-state index contributed by atoms with van der Waals surface area (Å²) >= 11 is 0. The third-order valence-electron chi connectivity index (χ3n) is 6.58. The number of hydrogen-bond acceptors (Lipinski definition) is 3. The minimum atomic E-state index is 0.363. The molecule has 0 radical (unpaired) electrons. The molecule has 1 heterocycles. The van der Waals surface area contributed by atoms with Crippen LogP contribution in [0.3, 0.4) is 0 Å². The summed E-state index contributed by atoms with van der Waals surface area (Å²) in [4.78, 5) is 7.78. The Morgan fingerprint density at radius 2 is 0.667 bits per heavy atom. The molecular formula is C27H33N3. The molecule has 0 unspecified atom stereocenters. The standard InChI is InChI=1S/C27H33N3/c1-22(25-13-7-4-8-14-25)28-19-29(23(2)26-15-9-5-10-16-26)21-30(20-28)24(3)27-17-11-6-12-18-27/h4-18,22-24H,19-21H2,1-3H3/t22-,23-,24-/m1/s1. The van der Waals surface area contributed by atoms with Gasteiger partial charge in [-0.15, -0.1) is 0 Å². The van der Waals surface area contributed by atoms with Crippen molar-refractivity contribution in [2.24, 2.45) is 0 Å². The maximum atomic E-state index is 2.59. The van der Waals surface area contributed by atoms with Gasteiger partial charge in [0.1, 0.15) is 0 Å². The minimum absolute atomic E-state index is 0.363. The van der Waals surface area contributed by atoms with Gasteiger partial charge in [0.15, 0.2) is 0 Å². The van der Waals surface area contributed by atoms with Gasteiger partial charge in [-0.3, -0.25) is 14.7 Å². The Balaban J connectivity index is 1.60. The average molecular weight is 400 g/mol. The highest BCUT2D eigenvalue weighted by Gasteiger charge is 2.32. The lowest BCUT2D eigenvalue weighted by atomic mass is 10.0. The number of benzene rings is 3. The average Bonchev–Trinajstić information content (AvgIpc) is 2.84. The van der Waals surface area contributed by atoms with Crippen molar-refractivity contribution in [3.05, 3.63) is 108 Å². The maximum absolute atomic E-state index is 2.59. The number of rotatable bonds is 6. The second kappa shape index (κ2) is 9.57. The first kappa shape index (κ1) is 20.8. The van der Waals surface area contributed by atoms with E-state index < -0.39 is 0 Å². The molecule has 1 aliphatic heterocycles. The Morgan fingerprint density at radius 3 is 0.900 bits per heavy atom. The summed E-state index contributed by atoms with van der Waals surface area (Å²) in [5, 5.41) is 0. The van der Waals surface area contributed by atoms with Crippen LogP contribution in [0.1, 0.15) is 55.6 Å². The highest BCUT2D eigenvalue weighted by atomic mass is 15.5. The fraction of sp³-hybridized carbons (Fsp3) is 0.333. The molecular weight excluding hydrogens is 366 g/mol. The van der Waals surface area contributed by atoms with Crippen molar-refractivity contribution in [2.45, 2.75) is 38.9 Å². The van der Waals surface area contributed by atoms with Crippen LogP contribution in [0.5, 0.6) is 0 Å². The Hall–Kier alpha value is -2.46. The zero-order valence-corrected chi connectivity index (χ0v) is 18.4. The van der Waals surface area contributed by atoms with E-state index in [4.69, 9.17) is 0 Å². The maximum Gasteiger partial charge on any atom is 0.0542 e. The predicted molar refractivity (Wildman–Crippen MR) is 125 cm³/mol. The van der Waals surface area contributed by atoms with Gasteiger partial charge in [-0.05, 0) is 37.5 Å². The van der Waals surface area contributed by atoms with E-state index in [1.54, 1.807) is 0 Å². The van der Waals surface area contributed by atoms with Crippen LogP contribution in [-0.2, 0) is 0 Å². The topological polar surface area (TPSA) is 9.72 Å². The highest BCUT2D eigenvalue weighted by molar-refractivity contribution is 5.21. The van der Waals surface area contributed by atoms with Crippen LogP contribution in [0.4, 0.5) is 0 Å². The lowest BCUT2D eigenvalue weighted by Crippen LogP contribution is -2.56. The molecule has 1 saturated heterocycles. The largest absolute Gasteiger partial charge is 0.271 e. The van der Waals surface area contributed by atoms with Crippen molar-refractivity contribution in [1.29, 1.82) is 0 Å². The van der Waals surface area contributed by atoms with Gasteiger partial charge in [0, 0.05) is 18.1 Å². The van der Waals surface area contributed by atoms with Crippen LogP contribution in [0.15, 0.2) is 91.0 Å². The number of hydrogen-bond donors (Lipinski definition) is 0. The molecule has 0 N–H and O–H groups in total. The van der Waals surface area contributed by atoms with Crippen LogP contribution in [-0.4, -0.2) is 34.7 Å². The highest BCUT2D eigenvalue weighted by Crippen LogP contribution is 2.32. The number of nitrogens with zero attached hydrogens (tertiary/aromatic N) is 3. The lowest BCUT2D eigenvalue weighted by Gasteiger charge is -2.48. The van der Waals surface area contributed by atoms with Crippen molar-refractivity contribution in [3.8, 4) is 0 Å². The summed E-state index contributed by atoms with van der Waals surface area (Å²) in [6.07, 6.45) is 0. The van der Waals surface area contributed by atoms with Crippen LogP contribution in [0.25, 0.3) is 0 Å². The molecule has 1 fully saturated rings. The van der Waals surface area contributed by atoms with Crippen molar-refractivity contribution in [1.82, 2.24) is 14.7 Å². The molecule has 0 bridgehead atoms. The molecule has 156 valence electrons. The monoisotopic (exact) mass is 399 g/mol. The Labute approximate surface area is 181 Å². The second-order valence-electron chi connectivity index (χ2n) is 8.45. The fourth-order valence-electron chi connectivity index (χ4n) is 4.40. The first-order valence-electron chi connectivity index (χ1n) is 11.0. The van der Waals surface area contributed by atoms with Crippen LogP contribution in [0.2, 0.25) is 0 Å². The second-order valence-corrected chi connectivity index (χ2v) is 8.45. The van der Waals surface area contributed by atoms with Crippen molar-refractivity contribution in [2.75, 3.05) is 20.0 Å². The van der Waals surface area contributed by atoms with Crippen molar-refractivity contribution < 1.29 is 0 Å². The van der Waals surface area contributed by atoms with E-state index in [0.717, 1.165) is 20.0 Å². The zero-order valence-electron chi connectivity index (χ0n) is 18.4. The summed E-state index contributed by atoms with van der Waals surface area (Å²) < 4.78 is 0. The zero-order chi connectivity index (χ0) is 20.9. The van der Waals surface area contributed by atoms with Gasteiger partial charge in [-0.25, -0.2) is 0 Å². The first-order valence-corrected chi connectivity index (χ1v) is 11.0. The third kappa shape index (κ3) is 4.65. The van der Waals surface area contributed by atoms with Gasteiger partial charge in [-0.2, -0.15) is 0 Å². The Morgan fingerprint density at radius 1 is 0.433 bits per heavy atom. The van der Waals surface area contributed by atoms with E-state index >= 15 is 0 Å². The first-order chi connectivity index (χ1) is 14.6. The predicted octanol–water partition coefficient (Wildman–Crippen LogP) is 6.06. The fourth-order valence-corrected chi connectivity index (χ4v) is 4.40. The van der Waals surface area contributed by atoms with Gasteiger partial charge in [0.2, 0.25) is 0 Å². The van der Waals surface area contributed by atoms with Crippen molar-refractivity contribution >= 4 is 0 Å². The summed E-state index contributed by atoms with van der Waals surface area (Å²) in [5.74, 6) is 0. The molecule has 0 amide bonds. The molecule has 0 spiro atoms. The molecule has 3 aromatic carbocycles. The SMILES string of the molecule is C[C@H](c1ccccc1)N1CN([C@H](C)c2ccccc2)CN([C@H](C)c2ccccc2)C1. The van der Waals surface area contributed by atoms with Crippen LogP contribution in [0, 0.1) is 0 Å². The molecule has 0 aliphatic carbocycles. The molecule has 0 saturated carbocycles. The minimum Gasteiger partial charge on any atom is -0.271 e. The summed E-state index contributed by atoms with van der Waals surface area (Å²) in [5.41, 5.74) is 4.12. The molecule has 3 nitrogen and oxygen atoms in total. The van der Waals surface area contributed by atoms with Gasteiger partial charge < -0.3 is 0 Å². The van der Waals surface area contributed by atoms with Gasteiger partial charge >= 0.3 is 0 Å². The van der Waals surface area contributed by atoms with E-state index in [9.17, 15) is 0 Å². The third-order valence-corrected chi connectivity index (χ3v) is 6.58. The molecule has 3 heteroatoms. The quantitative estimate of drug-likeness (QED) is 0.499. The summed E-state index contributed by atoms with van der Waals surface area (Å²) in [6, 6.07) is 33.7. The molecule has 0 aromatic heterocycles. The smallest absolute Gasteiger partial charge is 0.0542 e. The van der Waals surface area contributed by atoms with Crippen LogP contribution >= 0.6 is 0 Å². The molecule has 3 atom stereocenters.